The summed E-state index contributed by atoms with van der Waals surface area (Å²) in [6.45, 7) is 2.92. The Morgan fingerprint density at radius 3 is 2.37 bits per heavy atom. The Labute approximate surface area is 236 Å². The van der Waals surface area contributed by atoms with Gasteiger partial charge in [0, 0.05) is 23.1 Å². The van der Waals surface area contributed by atoms with Crippen LogP contribution >= 0.6 is 27.5 Å². The highest BCUT2D eigenvalue weighted by atomic mass is 79.9. The molecule has 3 aromatic rings. The molecular formula is C27H29BrClN3O5S. The molecule has 0 fully saturated rings. The van der Waals surface area contributed by atoms with Crippen molar-refractivity contribution < 1.29 is 22.7 Å². The molecule has 3 rings (SSSR count). The molecular weight excluding hydrogens is 594 g/mol. The Balaban J connectivity index is 2.11. The maximum absolute atomic E-state index is 13.9. The van der Waals surface area contributed by atoms with Gasteiger partial charge in [-0.15, -0.1) is 0 Å². The average Bonchev–Trinajstić information content (AvgIpc) is 2.89. The van der Waals surface area contributed by atoms with Gasteiger partial charge in [-0.3, -0.25) is 13.9 Å². The van der Waals surface area contributed by atoms with Crippen LogP contribution in [0.25, 0.3) is 0 Å². The normalized spacial score (nSPS) is 11.9. The number of hydrogen-bond acceptors (Lipinski definition) is 5. The number of amides is 2. The fourth-order valence-corrected chi connectivity index (χ4v) is 5.86. The molecule has 1 unspecified atom stereocenters. The number of nitrogens with zero attached hydrogens (tertiary/aromatic N) is 2. The van der Waals surface area contributed by atoms with Gasteiger partial charge in [-0.05, 0) is 61.9 Å². The number of aryl methyl sites for hydroxylation is 1. The highest BCUT2D eigenvalue weighted by Crippen LogP contribution is 2.35. The molecule has 11 heteroatoms. The minimum absolute atomic E-state index is 0.00387. The predicted molar refractivity (Wildman–Crippen MR) is 152 cm³/mol. The first-order valence-corrected chi connectivity index (χ1v) is 14.3. The van der Waals surface area contributed by atoms with E-state index in [4.69, 9.17) is 16.3 Å². The number of anilines is 1. The van der Waals surface area contributed by atoms with E-state index in [0.717, 1.165) is 19.9 Å². The first-order chi connectivity index (χ1) is 18.0. The van der Waals surface area contributed by atoms with Gasteiger partial charge in [0.15, 0.2) is 0 Å². The topological polar surface area (TPSA) is 96.0 Å². The second-order valence-corrected chi connectivity index (χ2v) is 11.8. The fraction of sp³-hybridized carbons (Fsp3) is 0.259. The predicted octanol–water partition coefficient (Wildman–Crippen LogP) is 4.78. The zero-order valence-corrected chi connectivity index (χ0v) is 24.6. The summed E-state index contributed by atoms with van der Waals surface area (Å²) in [5.41, 5.74) is 1.74. The summed E-state index contributed by atoms with van der Waals surface area (Å²) in [6, 6.07) is 17.3. The van der Waals surface area contributed by atoms with Gasteiger partial charge in [-0.2, -0.15) is 0 Å². The highest BCUT2D eigenvalue weighted by Gasteiger charge is 2.33. The standard InChI is InChI=1S/C27H29BrClN3O5S/c1-18-8-11-23(12-9-18)38(35,36)32(24-15-22(29)10-13-25(24)37-4)17-26(33)31(19(2)27(34)30-3)16-20-6-5-7-21(28)14-20/h5-15,19H,16-17H2,1-4H3,(H,30,34). The molecule has 0 aliphatic carbocycles. The van der Waals surface area contributed by atoms with Crippen LogP contribution < -0.4 is 14.4 Å². The van der Waals surface area contributed by atoms with E-state index in [2.05, 4.69) is 21.2 Å². The number of likely N-dealkylation sites (N-methyl/N-ethyl adjacent to an activating group) is 1. The molecule has 0 radical (unpaired) electrons. The second-order valence-electron chi connectivity index (χ2n) is 8.58. The van der Waals surface area contributed by atoms with Gasteiger partial charge in [0.05, 0.1) is 17.7 Å². The van der Waals surface area contributed by atoms with Crippen molar-refractivity contribution >= 4 is 55.1 Å². The van der Waals surface area contributed by atoms with Crippen LogP contribution in [-0.4, -0.2) is 51.9 Å². The summed E-state index contributed by atoms with van der Waals surface area (Å²) in [5, 5.41) is 2.82. The molecule has 1 N–H and O–H groups in total. The van der Waals surface area contributed by atoms with Crippen molar-refractivity contribution in [2.75, 3.05) is 25.0 Å². The van der Waals surface area contributed by atoms with Gasteiger partial charge >= 0.3 is 0 Å². The van der Waals surface area contributed by atoms with E-state index < -0.39 is 28.5 Å². The minimum atomic E-state index is -4.24. The number of carbonyl (C=O) groups is 2. The third kappa shape index (κ3) is 6.86. The van der Waals surface area contributed by atoms with E-state index in [1.54, 1.807) is 25.1 Å². The number of nitrogens with one attached hydrogen (secondary N) is 1. The maximum atomic E-state index is 13.9. The number of methoxy groups -OCH3 is 1. The van der Waals surface area contributed by atoms with Crippen LogP contribution in [0.15, 0.2) is 76.1 Å². The van der Waals surface area contributed by atoms with Crippen LogP contribution in [0, 0.1) is 6.92 Å². The molecule has 0 aliphatic rings. The van der Waals surface area contributed by atoms with E-state index in [1.807, 2.05) is 31.2 Å². The zero-order valence-electron chi connectivity index (χ0n) is 21.4. The summed E-state index contributed by atoms with van der Waals surface area (Å²) in [5.74, 6) is -0.754. The first-order valence-electron chi connectivity index (χ1n) is 11.7. The highest BCUT2D eigenvalue weighted by molar-refractivity contribution is 9.10. The van der Waals surface area contributed by atoms with Crippen LogP contribution in [0.4, 0.5) is 5.69 Å². The summed E-state index contributed by atoms with van der Waals surface area (Å²) in [4.78, 5) is 27.8. The van der Waals surface area contributed by atoms with Gasteiger partial charge in [0.2, 0.25) is 11.8 Å². The quantitative estimate of drug-likeness (QED) is 0.351. The number of carbonyl (C=O) groups excluding carboxylic acids is 2. The van der Waals surface area contributed by atoms with Crippen molar-refractivity contribution in [1.82, 2.24) is 10.2 Å². The van der Waals surface area contributed by atoms with Gasteiger partial charge in [-0.25, -0.2) is 8.42 Å². The lowest BCUT2D eigenvalue weighted by Gasteiger charge is -2.32. The number of sulfonamides is 1. The monoisotopic (exact) mass is 621 g/mol. The number of rotatable bonds is 10. The average molecular weight is 623 g/mol. The molecule has 0 bridgehead atoms. The van der Waals surface area contributed by atoms with Crippen molar-refractivity contribution in [3.05, 3.63) is 87.4 Å². The lowest BCUT2D eigenvalue weighted by atomic mass is 10.1. The van der Waals surface area contributed by atoms with Gasteiger partial charge in [-0.1, -0.05) is 57.4 Å². The lowest BCUT2D eigenvalue weighted by molar-refractivity contribution is -0.139. The van der Waals surface area contributed by atoms with E-state index in [0.29, 0.717) is 0 Å². The van der Waals surface area contributed by atoms with E-state index in [-0.39, 0.29) is 33.8 Å². The summed E-state index contributed by atoms with van der Waals surface area (Å²) in [6.07, 6.45) is 0. The molecule has 0 aromatic heterocycles. The molecule has 0 spiro atoms. The largest absolute Gasteiger partial charge is 0.495 e. The van der Waals surface area contributed by atoms with Crippen molar-refractivity contribution in [3.63, 3.8) is 0 Å². The number of benzene rings is 3. The Kier molecular flexibility index (Phi) is 9.81. The molecule has 0 saturated heterocycles. The van der Waals surface area contributed by atoms with Crippen LogP contribution in [0.1, 0.15) is 18.1 Å². The molecule has 1 atom stereocenters. The Morgan fingerprint density at radius 1 is 1.08 bits per heavy atom. The van der Waals surface area contributed by atoms with Crippen molar-refractivity contribution in [3.8, 4) is 5.75 Å². The second kappa shape index (κ2) is 12.6. The van der Waals surface area contributed by atoms with Crippen molar-refractivity contribution in [2.45, 2.75) is 31.3 Å². The molecule has 0 saturated carbocycles. The summed E-state index contributed by atoms with van der Waals surface area (Å²) in [7, 11) is -1.36. The van der Waals surface area contributed by atoms with Crippen molar-refractivity contribution in [1.29, 1.82) is 0 Å². The molecule has 2 amide bonds. The van der Waals surface area contributed by atoms with Gasteiger partial charge in [0.25, 0.3) is 10.0 Å². The molecule has 202 valence electrons. The van der Waals surface area contributed by atoms with Crippen molar-refractivity contribution in [2.24, 2.45) is 0 Å². The Morgan fingerprint density at radius 2 is 1.76 bits per heavy atom. The van der Waals surface area contributed by atoms with Crippen LogP contribution in [0.2, 0.25) is 5.02 Å². The van der Waals surface area contributed by atoms with E-state index in [9.17, 15) is 18.0 Å². The number of hydrogen-bond donors (Lipinski definition) is 1. The lowest BCUT2D eigenvalue weighted by Crippen LogP contribution is -2.50. The molecule has 3 aromatic carbocycles. The van der Waals surface area contributed by atoms with E-state index in [1.165, 1.54) is 43.3 Å². The third-order valence-electron chi connectivity index (χ3n) is 5.95. The number of ether oxygens (including phenoxy) is 1. The summed E-state index contributed by atoms with van der Waals surface area (Å²) >= 11 is 9.66. The molecule has 8 nitrogen and oxygen atoms in total. The Hall–Kier alpha value is -3.08. The molecule has 0 aliphatic heterocycles. The fourth-order valence-electron chi connectivity index (χ4n) is 3.83. The number of halogens is 2. The van der Waals surface area contributed by atoms with Crippen LogP contribution in [0.5, 0.6) is 5.75 Å². The third-order valence-corrected chi connectivity index (χ3v) is 8.46. The first kappa shape index (κ1) is 29.5. The van der Waals surface area contributed by atoms with Gasteiger partial charge < -0.3 is 15.0 Å². The van der Waals surface area contributed by atoms with Crippen LogP contribution in [0.3, 0.4) is 0 Å². The smallest absolute Gasteiger partial charge is 0.264 e. The zero-order chi connectivity index (χ0) is 28.0. The van der Waals surface area contributed by atoms with Crippen LogP contribution in [-0.2, 0) is 26.2 Å². The molecule has 38 heavy (non-hydrogen) atoms. The maximum Gasteiger partial charge on any atom is 0.264 e. The molecule has 0 heterocycles. The van der Waals surface area contributed by atoms with Gasteiger partial charge in [0.1, 0.15) is 18.3 Å². The summed E-state index contributed by atoms with van der Waals surface area (Å²) < 4.78 is 35.0. The Bertz CT molecular complexity index is 1420. The minimum Gasteiger partial charge on any atom is -0.495 e. The van der Waals surface area contributed by atoms with E-state index >= 15 is 0 Å². The SMILES string of the molecule is CNC(=O)C(C)N(Cc1cccc(Br)c1)C(=O)CN(c1cc(Cl)ccc1OC)S(=O)(=O)c1ccc(C)cc1.